The van der Waals surface area contributed by atoms with Crippen LogP contribution in [0.2, 0.25) is 0 Å². The van der Waals surface area contributed by atoms with Gasteiger partial charge in [-0.05, 0) is 42.7 Å². The Morgan fingerprint density at radius 1 is 1.25 bits per heavy atom. The minimum absolute atomic E-state index is 0.0676. The molecule has 1 aromatic carbocycles. The normalized spacial score (nSPS) is 32.8. The SMILES string of the molecule is Cc1ccccc1C1NC2(CC2)C(=O)N1C1CC1(C)C. The van der Waals surface area contributed by atoms with Gasteiger partial charge >= 0.3 is 0 Å². The summed E-state index contributed by atoms with van der Waals surface area (Å²) >= 11 is 0. The van der Waals surface area contributed by atoms with Gasteiger partial charge < -0.3 is 4.90 Å². The highest BCUT2D eigenvalue weighted by molar-refractivity contribution is 5.92. The van der Waals surface area contributed by atoms with Crippen molar-refractivity contribution in [3.63, 3.8) is 0 Å². The molecule has 1 spiro atoms. The van der Waals surface area contributed by atoms with Crippen molar-refractivity contribution >= 4 is 5.91 Å². The van der Waals surface area contributed by atoms with Crippen LogP contribution in [-0.2, 0) is 4.79 Å². The van der Waals surface area contributed by atoms with Gasteiger partial charge in [-0.25, -0.2) is 0 Å². The van der Waals surface area contributed by atoms with Crippen LogP contribution < -0.4 is 5.32 Å². The van der Waals surface area contributed by atoms with Gasteiger partial charge in [0.2, 0.25) is 5.91 Å². The molecule has 2 saturated carbocycles. The smallest absolute Gasteiger partial charge is 0.244 e. The Bertz CT molecular complexity index is 588. The van der Waals surface area contributed by atoms with Crippen LogP contribution in [0.3, 0.4) is 0 Å². The average Bonchev–Trinajstić information content (AvgIpc) is 3.26. The Morgan fingerprint density at radius 2 is 1.90 bits per heavy atom. The van der Waals surface area contributed by atoms with Gasteiger partial charge in [0.1, 0.15) is 11.7 Å². The number of rotatable bonds is 2. The summed E-state index contributed by atoms with van der Waals surface area (Å²) in [6.45, 7) is 6.66. The van der Waals surface area contributed by atoms with Crippen LogP contribution in [0.25, 0.3) is 0 Å². The van der Waals surface area contributed by atoms with Crippen LogP contribution in [0.15, 0.2) is 24.3 Å². The topological polar surface area (TPSA) is 32.3 Å². The monoisotopic (exact) mass is 270 g/mol. The molecule has 1 aromatic rings. The van der Waals surface area contributed by atoms with Crippen LogP contribution in [-0.4, -0.2) is 22.4 Å². The van der Waals surface area contributed by atoms with Crippen LogP contribution >= 0.6 is 0 Å². The zero-order valence-electron chi connectivity index (χ0n) is 12.4. The lowest BCUT2D eigenvalue weighted by Crippen LogP contribution is -2.35. The van der Waals surface area contributed by atoms with Crippen molar-refractivity contribution in [2.24, 2.45) is 5.41 Å². The van der Waals surface area contributed by atoms with E-state index in [9.17, 15) is 4.79 Å². The van der Waals surface area contributed by atoms with E-state index in [1.54, 1.807) is 0 Å². The van der Waals surface area contributed by atoms with E-state index >= 15 is 0 Å². The third kappa shape index (κ3) is 1.59. The summed E-state index contributed by atoms with van der Waals surface area (Å²) in [5.74, 6) is 0.335. The summed E-state index contributed by atoms with van der Waals surface area (Å²) in [4.78, 5) is 15.0. The lowest BCUT2D eigenvalue weighted by Gasteiger charge is -2.27. The second-order valence-electron chi connectivity index (χ2n) is 7.41. The molecule has 0 bridgehead atoms. The number of amides is 1. The molecule has 20 heavy (non-hydrogen) atoms. The maximum Gasteiger partial charge on any atom is 0.244 e. The Hall–Kier alpha value is -1.35. The van der Waals surface area contributed by atoms with Crippen molar-refractivity contribution in [2.75, 3.05) is 0 Å². The molecule has 3 aliphatic rings. The molecule has 2 aliphatic carbocycles. The molecular formula is C17H22N2O. The summed E-state index contributed by atoms with van der Waals surface area (Å²) in [5.41, 5.74) is 2.57. The van der Waals surface area contributed by atoms with Crippen LogP contribution in [0.4, 0.5) is 0 Å². The van der Waals surface area contributed by atoms with Crippen LogP contribution in [0, 0.1) is 12.3 Å². The first-order valence-electron chi connectivity index (χ1n) is 7.61. The number of hydrogen-bond acceptors (Lipinski definition) is 2. The molecule has 3 heteroatoms. The maximum atomic E-state index is 12.8. The molecule has 1 amide bonds. The predicted molar refractivity (Wildman–Crippen MR) is 78.1 cm³/mol. The summed E-state index contributed by atoms with van der Waals surface area (Å²) in [6, 6.07) is 8.82. The van der Waals surface area contributed by atoms with Gasteiger partial charge in [-0.15, -0.1) is 0 Å². The van der Waals surface area contributed by atoms with Crippen LogP contribution in [0.5, 0.6) is 0 Å². The highest BCUT2D eigenvalue weighted by Gasteiger charge is 2.65. The fraction of sp³-hybridized carbons (Fsp3) is 0.588. The van der Waals surface area contributed by atoms with Crippen molar-refractivity contribution in [3.05, 3.63) is 35.4 Å². The average molecular weight is 270 g/mol. The molecule has 4 rings (SSSR count). The quantitative estimate of drug-likeness (QED) is 0.896. The van der Waals surface area contributed by atoms with Crippen molar-refractivity contribution in [3.8, 4) is 0 Å². The molecule has 106 valence electrons. The Kier molecular flexibility index (Phi) is 2.26. The van der Waals surface area contributed by atoms with E-state index in [4.69, 9.17) is 0 Å². The first-order chi connectivity index (χ1) is 9.45. The highest BCUT2D eigenvalue weighted by atomic mass is 16.2. The summed E-state index contributed by atoms with van der Waals surface area (Å²) in [7, 11) is 0. The van der Waals surface area contributed by atoms with Crippen LogP contribution in [0.1, 0.15) is 50.4 Å². The van der Waals surface area contributed by atoms with Crippen molar-refractivity contribution in [1.29, 1.82) is 0 Å². The van der Waals surface area contributed by atoms with E-state index in [0.29, 0.717) is 11.9 Å². The van der Waals surface area contributed by atoms with Gasteiger partial charge in [0.05, 0.1) is 0 Å². The number of nitrogens with one attached hydrogen (secondary N) is 1. The summed E-state index contributed by atoms with van der Waals surface area (Å²) in [6.07, 6.45) is 3.19. The number of carbonyl (C=O) groups is 1. The fourth-order valence-corrected chi connectivity index (χ4v) is 3.60. The number of carbonyl (C=O) groups excluding carboxylic acids is 1. The van der Waals surface area contributed by atoms with E-state index in [0.717, 1.165) is 19.3 Å². The minimum Gasteiger partial charge on any atom is -0.318 e. The molecule has 2 unspecified atom stereocenters. The van der Waals surface area contributed by atoms with E-state index in [1.807, 2.05) is 0 Å². The van der Waals surface area contributed by atoms with Gasteiger partial charge in [-0.3, -0.25) is 10.1 Å². The molecule has 1 saturated heterocycles. The molecule has 1 aliphatic heterocycles. The molecular weight excluding hydrogens is 248 g/mol. The molecule has 3 fully saturated rings. The number of hydrogen-bond donors (Lipinski definition) is 1. The Balaban J connectivity index is 1.74. The van der Waals surface area contributed by atoms with Gasteiger partial charge in [-0.2, -0.15) is 0 Å². The highest BCUT2D eigenvalue weighted by Crippen LogP contribution is 2.56. The Labute approximate surface area is 120 Å². The van der Waals surface area contributed by atoms with E-state index in [2.05, 4.69) is 55.3 Å². The molecule has 0 aromatic heterocycles. The second-order valence-corrected chi connectivity index (χ2v) is 7.41. The maximum absolute atomic E-state index is 12.8. The second kappa shape index (κ2) is 3.64. The minimum atomic E-state index is -0.231. The van der Waals surface area contributed by atoms with Gasteiger partial charge in [-0.1, -0.05) is 38.1 Å². The molecule has 1 N–H and O–H groups in total. The van der Waals surface area contributed by atoms with Gasteiger partial charge in [0.25, 0.3) is 0 Å². The lowest BCUT2D eigenvalue weighted by atomic mass is 10.1. The first-order valence-corrected chi connectivity index (χ1v) is 7.61. The zero-order valence-corrected chi connectivity index (χ0v) is 12.4. The number of benzene rings is 1. The zero-order chi connectivity index (χ0) is 14.1. The largest absolute Gasteiger partial charge is 0.318 e. The predicted octanol–water partition coefficient (Wildman–Crippen LogP) is 2.76. The summed E-state index contributed by atoms with van der Waals surface area (Å²) in [5, 5.41) is 3.63. The third-order valence-electron chi connectivity index (χ3n) is 5.37. The molecule has 1 heterocycles. The molecule has 3 nitrogen and oxygen atoms in total. The van der Waals surface area contributed by atoms with Gasteiger partial charge in [0.15, 0.2) is 0 Å². The van der Waals surface area contributed by atoms with E-state index in [-0.39, 0.29) is 17.1 Å². The Morgan fingerprint density at radius 3 is 2.45 bits per heavy atom. The van der Waals surface area contributed by atoms with Crippen molar-refractivity contribution in [2.45, 2.75) is 57.8 Å². The summed E-state index contributed by atoms with van der Waals surface area (Å²) < 4.78 is 0. The number of aryl methyl sites for hydroxylation is 1. The fourth-order valence-electron chi connectivity index (χ4n) is 3.60. The lowest BCUT2D eigenvalue weighted by molar-refractivity contribution is -0.131. The van der Waals surface area contributed by atoms with E-state index < -0.39 is 0 Å². The van der Waals surface area contributed by atoms with Crippen molar-refractivity contribution in [1.82, 2.24) is 10.2 Å². The third-order valence-corrected chi connectivity index (χ3v) is 5.37. The molecule has 2 atom stereocenters. The number of nitrogens with zero attached hydrogens (tertiary/aromatic N) is 1. The molecule has 0 radical (unpaired) electrons. The van der Waals surface area contributed by atoms with Gasteiger partial charge in [0, 0.05) is 6.04 Å². The van der Waals surface area contributed by atoms with E-state index in [1.165, 1.54) is 11.1 Å². The standard InChI is InChI=1S/C17H22N2O/c1-11-6-4-5-7-12(11)14-18-17(8-9-17)15(20)19(14)13-10-16(13,2)3/h4-7,13-14,18H,8-10H2,1-3H3. The van der Waals surface area contributed by atoms with Crippen molar-refractivity contribution < 1.29 is 4.79 Å². The first kappa shape index (κ1) is 12.4.